The van der Waals surface area contributed by atoms with E-state index in [0.29, 0.717) is 32.1 Å². The molecule has 0 aliphatic heterocycles. The second-order valence-corrected chi connectivity index (χ2v) is 4.75. The number of rotatable bonds is 3. The molecule has 0 radical (unpaired) electrons. The van der Waals surface area contributed by atoms with Gasteiger partial charge in [-0.2, -0.15) is 0 Å². The molecule has 0 unspecified atom stereocenters. The summed E-state index contributed by atoms with van der Waals surface area (Å²) in [5.41, 5.74) is 6.90. The third-order valence-electron chi connectivity index (χ3n) is 2.26. The number of aromatic nitrogens is 1. The van der Waals surface area contributed by atoms with Gasteiger partial charge in [-0.25, -0.2) is 4.98 Å². The van der Waals surface area contributed by atoms with Crippen LogP contribution in [0.5, 0.6) is 0 Å². The molecule has 3 nitrogen and oxygen atoms in total. The molecule has 2 aromatic rings. The summed E-state index contributed by atoms with van der Waals surface area (Å²) in [5, 5.41) is 4.01. The summed E-state index contributed by atoms with van der Waals surface area (Å²) in [6.07, 6.45) is 1.60. The first-order valence-electron chi connectivity index (χ1n) is 5.05. The van der Waals surface area contributed by atoms with Crippen molar-refractivity contribution < 1.29 is 0 Å². The summed E-state index contributed by atoms with van der Waals surface area (Å²) in [5.74, 6) is 0.638. The van der Waals surface area contributed by atoms with E-state index in [-0.39, 0.29) is 0 Å². The van der Waals surface area contributed by atoms with Crippen LogP contribution in [0.15, 0.2) is 36.5 Å². The molecular formula is C12H9Cl2N3S. The van der Waals surface area contributed by atoms with Gasteiger partial charge in [0, 0.05) is 11.8 Å². The molecule has 1 heterocycles. The largest absolute Gasteiger partial charge is 0.389 e. The molecule has 0 saturated carbocycles. The first-order chi connectivity index (χ1) is 8.58. The molecule has 92 valence electrons. The van der Waals surface area contributed by atoms with Gasteiger partial charge in [-0.15, -0.1) is 0 Å². The number of nitrogens with one attached hydrogen (secondary N) is 1. The van der Waals surface area contributed by atoms with Crippen molar-refractivity contribution in [2.75, 3.05) is 5.32 Å². The lowest BCUT2D eigenvalue weighted by Crippen LogP contribution is -2.09. The Kier molecular flexibility index (Phi) is 4.01. The van der Waals surface area contributed by atoms with E-state index in [4.69, 9.17) is 41.2 Å². The maximum Gasteiger partial charge on any atom is 0.130 e. The highest BCUT2D eigenvalue weighted by atomic mass is 35.5. The highest BCUT2D eigenvalue weighted by Gasteiger charge is 2.05. The van der Waals surface area contributed by atoms with Crippen LogP contribution in [0.25, 0.3) is 0 Å². The van der Waals surface area contributed by atoms with Crippen molar-refractivity contribution >= 4 is 51.9 Å². The van der Waals surface area contributed by atoms with Crippen LogP contribution in [0.4, 0.5) is 11.5 Å². The lowest BCUT2D eigenvalue weighted by atomic mass is 10.2. The van der Waals surface area contributed by atoms with Crippen molar-refractivity contribution in [1.29, 1.82) is 0 Å². The fraction of sp³-hybridized carbons (Fsp3) is 0. The SMILES string of the molecule is NC(=S)c1ccc(Nc2cccc(Cl)c2Cl)nc1. The van der Waals surface area contributed by atoms with Gasteiger partial charge in [0.1, 0.15) is 10.8 Å². The zero-order chi connectivity index (χ0) is 13.1. The van der Waals surface area contributed by atoms with Crippen molar-refractivity contribution in [2.45, 2.75) is 0 Å². The first-order valence-corrected chi connectivity index (χ1v) is 6.21. The first kappa shape index (κ1) is 13.1. The zero-order valence-corrected chi connectivity index (χ0v) is 11.5. The van der Waals surface area contributed by atoms with Crippen LogP contribution in [-0.2, 0) is 0 Å². The number of pyridine rings is 1. The Bertz CT molecular complexity index is 584. The van der Waals surface area contributed by atoms with Gasteiger partial charge in [-0.3, -0.25) is 0 Å². The maximum atomic E-state index is 6.06. The Hall–Kier alpha value is -1.36. The number of benzene rings is 1. The van der Waals surface area contributed by atoms with Crippen LogP contribution >= 0.6 is 35.4 Å². The molecule has 2 rings (SSSR count). The molecule has 18 heavy (non-hydrogen) atoms. The zero-order valence-electron chi connectivity index (χ0n) is 9.15. The van der Waals surface area contributed by atoms with Crippen LogP contribution < -0.4 is 11.1 Å². The van der Waals surface area contributed by atoms with Crippen molar-refractivity contribution in [3.05, 3.63) is 52.1 Å². The third kappa shape index (κ3) is 2.90. The number of nitrogens with two attached hydrogens (primary N) is 1. The van der Waals surface area contributed by atoms with E-state index in [9.17, 15) is 0 Å². The fourth-order valence-corrected chi connectivity index (χ4v) is 1.82. The van der Waals surface area contributed by atoms with E-state index in [2.05, 4.69) is 10.3 Å². The van der Waals surface area contributed by atoms with Gasteiger partial charge in [-0.05, 0) is 24.3 Å². The Morgan fingerprint density at radius 1 is 1.22 bits per heavy atom. The van der Waals surface area contributed by atoms with E-state index in [1.54, 1.807) is 30.5 Å². The molecule has 0 aliphatic rings. The Balaban J connectivity index is 2.24. The molecule has 6 heteroatoms. The van der Waals surface area contributed by atoms with E-state index in [0.717, 1.165) is 0 Å². The van der Waals surface area contributed by atoms with Crippen LogP contribution in [-0.4, -0.2) is 9.97 Å². The minimum Gasteiger partial charge on any atom is -0.389 e. The van der Waals surface area contributed by atoms with E-state index < -0.39 is 0 Å². The number of thiocarbonyl (C=S) groups is 1. The van der Waals surface area contributed by atoms with Crippen LogP contribution in [0.1, 0.15) is 5.56 Å². The van der Waals surface area contributed by atoms with E-state index >= 15 is 0 Å². The van der Waals surface area contributed by atoms with Crippen molar-refractivity contribution in [1.82, 2.24) is 4.98 Å². The lowest BCUT2D eigenvalue weighted by Gasteiger charge is -2.08. The molecule has 1 aromatic carbocycles. The summed E-state index contributed by atoms with van der Waals surface area (Å²) in [6.45, 7) is 0. The number of nitrogens with zero attached hydrogens (tertiary/aromatic N) is 1. The van der Waals surface area contributed by atoms with E-state index in [1.165, 1.54) is 0 Å². The summed E-state index contributed by atoms with van der Waals surface area (Å²) in [6, 6.07) is 8.90. The third-order valence-corrected chi connectivity index (χ3v) is 3.32. The highest BCUT2D eigenvalue weighted by Crippen LogP contribution is 2.31. The second kappa shape index (κ2) is 5.52. The summed E-state index contributed by atoms with van der Waals surface area (Å²) < 4.78 is 0. The Morgan fingerprint density at radius 2 is 2.00 bits per heavy atom. The van der Waals surface area contributed by atoms with Gasteiger partial charge in [0.15, 0.2) is 0 Å². The molecule has 0 amide bonds. The molecule has 0 spiro atoms. The topological polar surface area (TPSA) is 50.9 Å². The van der Waals surface area contributed by atoms with Crippen LogP contribution in [0, 0.1) is 0 Å². The van der Waals surface area contributed by atoms with Gasteiger partial charge < -0.3 is 11.1 Å². The van der Waals surface area contributed by atoms with Gasteiger partial charge in [0.05, 0.1) is 15.7 Å². The van der Waals surface area contributed by atoms with Crippen molar-refractivity contribution in [3.8, 4) is 0 Å². The molecule has 1 aromatic heterocycles. The highest BCUT2D eigenvalue weighted by molar-refractivity contribution is 7.80. The summed E-state index contributed by atoms with van der Waals surface area (Å²) in [7, 11) is 0. The number of hydrogen-bond donors (Lipinski definition) is 2. The predicted molar refractivity (Wildman–Crippen MR) is 79.9 cm³/mol. The Morgan fingerprint density at radius 3 is 2.61 bits per heavy atom. The van der Waals surface area contributed by atoms with E-state index in [1.807, 2.05) is 6.07 Å². The molecule has 0 atom stereocenters. The smallest absolute Gasteiger partial charge is 0.130 e. The number of halogens is 2. The van der Waals surface area contributed by atoms with Gasteiger partial charge >= 0.3 is 0 Å². The minimum atomic E-state index is 0.315. The van der Waals surface area contributed by atoms with Crippen molar-refractivity contribution in [2.24, 2.45) is 5.73 Å². The fourth-order valence-electron chi connectivity index (χ4n) is 1.35. The van der Waals surface area contributed by atoms with Crippen molar-refractivity contribution in [3.63, 3.8) is 0 Å². The minimum absolute atomic E-state index is 0.315. The molecule has 0 bridgehead atoms. The summed E-state index contributed by atoms with van der Waals surface area (Å²) in [4.78, 5) is 4.50. The van der Waals surface area contributed by atoms with Gasteiger partial charge in [0.25, 0.3) is 0 Å². The number of hydrogen-bond acceptors (Lipinski definition) is 3. The molecule has 3 N–H and O–H groups in total. The maximum absolute atomic E-state index is 6.06. The van der Waals surface area contributed by atoms with Crippen LogP contribution in [0.3, 0.4) is 0 Å². The summed E-state index contributed by atoms with van der Waals surface area (Å²) >= 11 is 16.8. The lowest BCUT2D eigenvalue weighted by molar-refractivity contribution is 1.30. The average molecular weight is 298 g/mol. The molecule has 0 aliphatic carbocycles. The van der Waals surface area contributed by atoms with Crippen LogP contribution in [0.2, 0.25) is 10.0 Å². The molecule has 0 fully saturated rings. The molecule has 0 saturated heterocycles. The monoisotopic (exact) mass is 297 g/mol. The Labute approximate surface area is 120 Å². The number of anilines is 2. The quantitative estimate of drug-likeness (QED) is 0.847. The van der Waals surface area contributed by atoms with Gasteiger partial charge in [-0.1, -0.05) is 41.5 Å². The molecular weight excluding hydrogens is 289 g/mol. The van der Waals surface area contributed by atoms with Gasteiger partial charge in [0.2, 0.25) is 0 Å². The second-order valence-electron chi connectivity index (χ2n) is 3.52. The normalized spacial score (nSPS) is 10.1. The average Bonchev–Trinajstić information content (AvgIpc) is 2.36. The standard InChI is InChI=1S/C12H9Cl2N3S/c13-8-2-1-3-9(11(8)14)17-10-5-4-7(6-16-10)12(15)18/h1-6H,(H2,15,18)(H,16,17). The predicted octanol–water partition coefficient (Wildman–Crippen LogP) is 3.77.